The summed E-state index contributed by atoms with van der Waals surface area (Å²) >= 11 is 0. The van der Waals surface area contributed by atoms with E-state index in [2.05, 4.69) is 74.9 Å². The van der Waals surface area contributed by atoms with Crippen LogP contribution in [0.5, 0.6) is 0 Å². The van der Waals surface area contributed by atoms with Gasteiger partial charge in [-0.1, -0.05) is 29.8 Å². The van der Waals surface area contributed by atoms with Crippen LogP contribution < -0.4 is 10.6 Å². The Morgan fingerprint density at radius 1 is 1.03 bits per heavy atom. The SMILES string of the molecule is CC1=Cc2cc(Nc3ccnc(Nc4cccc(CN5CCC(O)CC5)c4)n3)ccc2C1. The molecule has 1 aromatic heterocycles. The Kier molecular flexibility index (Phi) is 5.88. The van der Waals surface area contributed by atoms with Crippen molar-refractivity contribution in [3.63, 3.8) is 0 Å². The van der Waals surface area contributed by atoms with Gasteiger partial charge in [-0.2, -0.15) is 4.98 Å². The molecule has 3 aromatic rings. The van der Waals surface area contributed by atoms with E-state index in [1.165, 1.54) is 22.3 Å². The van der Waals surface area contributed by atoms with Crippen LogP contribution in [0, 0.1) is 0 Å². The predicted octanol–water partition coefficient (Wildman–Crippen LogP) is 4.88. The van der Waals surface area contributed by atoms with E-state index in [4.69, 9.17) is 0 Å². The highest BCUT2D eigenvalue weighted by atomic mass is 16.3. The van der Waals surface area contributed by atoms with Gasteiger partial charge in [0.05, 0.1) is 6.10 Å². The first-order valence-electron chi connectivity index (χ1n) is 11.3. The molecule has 2 heterocycles. The molecule has 5 rings (SSSR count). The van der Waals surface area contributed by atoms with Crippen LogP contribution in [0.4, 0.5) is 23.1 Å². The third-order valence-electron chi connectivity index (χ3n) is 6.09. The van der Waals surface area contributed by atoms with Crippen molar-refractivity contribution in [2.45, 2.75) is 38.8 Å². The Hall–Kier alpha value is -3.22. The summed E-state index contributed by atoms with van der Waals surface area (Å²) < 4.78 is 0. The first-order valence-corrected chi connectivity index (χ1v) is 11.3. The first-order chi connectivity index (χ1) is 15.6. The van der Waals surface area contributed by atoms with Crippen LogP contribution in [-0.2, 0) is 13.0 Å². The minimum atomic E-state index is -0.144. The Balaban J connectivity index is 1.25. The number of fused-ring (bicyclic) bond motifs is 1. The highest BCUT2D eigenvalue weighted by Crippen LogP contribution is 2.28. The maximum Gasteiger partial charge on any atom is 0.229 e. The molecule has 0 spiro atoms. The van der Waals surface area contributed by atoms with Crippen LogP contribution in [-0.4, -0.2) is 39.2 Å². The lowest BCUT2D eigenvalue weighted by Gasteiger charge is -2.29. The minimum absolute atomic E-state index is 0.144. The third kappa shape index (κ3) is 4.98. The predicted molar refractivity (Wildman–Crippen MR) is 129 cm³/mol. The second kappa shape index (κ2) is 9.10. The highest BCUT2D eigenvalue weighted by Gasteiger charge is 2.17. The van der Waals surface area contributed by atoms with Crippen LogP contribution in [0.1, 0.15) is 36.5 Å². The zero-order chi connectivity index (χ0) is 21.9. The number of nitrogens with zero attached hydrogens (tertiary/aromatic N) is 3. The van der Waals surface area contributed by atoms with Gasteiger partial charge >= 0.3 is 0 Å². The molecule has 2 aliphatic rings. The number of piperidine rings is 1. The molecule has 0 radical (unpaired) electrons. The average Bonchev–Trinajstić information content (AvgIpc) is 3.15. The van der Waals surface area contributed by atoms with E-state index in [1.54, 1.807) is 6.20 Å². The summed E-state index contributed by atoms with van der Waals surface area (Å²) in [5.41, 5.74) is 7.27. The maximum atomic E-state index is 9.71. The smallest absolute Gasteiger partial charge is 0.229 e. The largest absolute Gasteiger partial charge is 0.393 e. The summed E-state index contributed by atoms with van der Waals surface area (Å²) in [6, 6.07) is 16.7. The number of likely N-dealkylation sites (tertiary alicyclic amines) is 1. The van der Waals surface area contributed by atoms with Gasteiger partial charge in [0.25, 0.3) is 0 Å². The molecule has 0 bridgehead atoms. The van der Waals surface area contributed by atoms with Crippen molar-refractivity contribution in [1.29, 1.82) is 0 Å². The van der Waals surface area contributed by atoms with Gasteiger partial charge in [0.15, 0.2) is 0 Å². The van der Waals surface area contributed by atoms with Crippen molar-refractivity contribution >= 4 is 29.2 Å². The van der Waals surface area contributed by atoms with Crippen LogP contribution in [0.15, 0.2) is 60.3 Å². The second-order valence-electron chi connectivity index (χ2n) is 8.80. The lowest BCUT2D eigenvalue weighted by molar-refractivity contribution is 0.0792. The van der Waals surface area contributed by atoms with Crippen molar-refractivity contribution in [2.75, 3.05) is 23.7 Å². The molecule has 164 valence electrons. The molecule has 0 saturated carbocycles. The van der Waals surface area contributed by atoms with Crippen molar-refractivity contribution in [3.8, 4) is 0 Å². The van der Waals surface area contributed by atoms with Crippen LogP contribution in [0.3, 0.4) is 0 Å². The number of rotatable bonds is 6. The Labute approximate surface area is 189 Å². The van der Waals surface area contributed by atoms with Crippen LogP contribution in [0.25, 0.3) is 6.08 Å². The molecule has 1 aliphatic heterocycles. The van der Waals surface area contributed by atoms with E-state index in [1.807, 2.05) is 12.1 Å². The second-order valence-corrected chi connectivity index (χ2v) is 8.80. The van der Waals surface area contributed by atoms with Crippen molar-refractivity contribution in [1.82, 2.24) is 14.9 Å². The van der Waals surface area contributed by atoms with E-state index >= 15 is 0 Å². The van der Waals surface area contributed by atoms with Gasteiger partial charge in [0.1, 0.15) is 5.82 Å². The number of hydrogen-bond donors (Lipinski definition) is 3. The van der Waals surface area contributed by atoms with E-state index < -0.39 is 0 Å². The van der Waals surface area contributed by atoms with Gasteiger partial charge < -0.3 is 15.7 Å². The molecule has 6 heteroatoms. The van der Waals surface area contributed by atoms with Gasteiger partial charge in [-0.3, -0.25) is 4.90 Å². The third-order valence-corrected chi connectivity index (χ3v) is 6.09. The van der Waals surface area contributed by atoms with Gasteiger partial charge in [0, 0.05) is 37.2 Å². The molecule has 1 saturated heterocycles. The standard InChI is InChI=1S/C26H29N5O/c1-18-13-20-5-6-23(16-21(20)14-18)28-25-7-10-27-26(30-25)29-22-4-2-3-19(15-22)17-31-11-8-24(32)9-12-31/h2-7,10,14-16,24,32H,8-9,11-13,17H2,1H3,(H2,27,28,29,30). The van der Waals surface area contributed by atoms with Gasteiger partial charge in [0.2, 0.25) is 5.95 Å². The molecule has 6 nitrogen and oxygen atoms in total. The lowest BCUT2D eigenvalue weighted by Crippen LogP contribution is -2.35. The zero-order valence-corrected chi connectivity index (χ0v) is 18.4. The lowest BCUT2D eigenvalue weighted by atomic mass is 10.1. The fourth-order valence-electron chi connectivity index (χ4n) is 4.43. The highest BCUT2D eigenvalue weighted by molar-refractivity contribution is 5.70. The monoisotopic (exact) mass is 427 g/mol. The van der Waals surface area contributed by atoms with Crippen molar-refractivity contribution < 1.29 is 5.11 Å². The number of hydrogen-bond acceptors (Lipinski definition) is 6. The quantitative estimate of drug-likeness (QED) is 0.521. The van der Waals surface area contributed by atoms with Gasteiger partial charge in [-0.25, -0.2) is 4.98 Å². The van der Waals surface area contributed by atoms with Gasteiger partial charge in [-0.15, -0.1) is 0 Å². The molecule has 0 amide bonds. The summed E-state index contributed by atoms with van der Waals surface area (Å²) in [7, 11) is 0. The zero-order valence-electron chi connectivity index (χ0n) is 18.4. The summed E-state index contributed by atoms with van der Waals surface area (Å²) in [4.78, 5) is 11.4. The van der Waals surface area contributed by atoms with E-state index in [9.17, 15) is 5.11 Å². The summed E-state index contributed by atoms with van der Waals surface area (Å²) in [5.74, 6) is 1.31. The van der Waals surface area contributed by atoms with Crippen molar-refractivity contribution in [2.24, 2.45) is 0 Å². The molecule has 1 aliphatic carbocycles. The molecular formula is C26H29N5O. The fourth-order valence-corrected chi connectivity index (χ4v) is 4.43. The van der Waals surface area contributed by atoms with Crippen LogP contribution in [0.2, 0.25) is 0 Å². The maximum absolute atomic E-state index is 9.71. The normalized spacial score (nSPS) is 16.5. The number of aliphatic hydroxyl groups is 1. The molecular weight excluding hydrogens is 398 g/mol. The minimum Gasteiger partial charge on any atom is -0.393 e. The number of benzene rings is 2. The summed E-state index contributed by atoms with van der Waals surface area (Å²) in [6.45, 7) is 4.93. The molecule has 2 aromatic carbocycles. The number of aromatic nitrogens is 2. The Bertz CT molecular complexity index is 1130. The van der Waals surface area contributed by atoms with E-state index in [0.29, 0.717) is 5.95 Å². The fraction of sp³-hybridized carbons (Fsp3) is 0.308. The average molecular weight is 428 g/mol. The molecule has 32 heavy (non-hydrogen) atoms. The Morgan fingerprint density at radius 2 is 1.88 bits per heavy atom. The van der Waals surface area contributed by atoms with E-state index in [0.717, 1.165) is 56.1 Å². The molecule has 0 unspecified atom stereocenters. The number of nitrogens with one attached hydrogen (secondary N) is 2. The van der Waals surface area contributed by atoms with E-state index in [-0.39, 0.29) is 6.10 Å². The number of aliphatic hydroxyl groups excluding tert-OH is 1. The first kappa shape index (κ1) is 20.7. The van der Waals surface area contributed by atoms with Crippen LogP contribution >= 0.6 is 0 Å². The number of allylic oxidation sites excluding steroid dienone is 1. The molecule has 3 N–H and O–H groups in total. The summed E-state index contributed by atoms with van der Waals surface area (Å²) in [5, 5.41) is 16.4. The molecule has 0 atom stereocenters. The summed E-state index contributed by atoms with van der Waals surface area (Å²) in [6.07, 6.45) is 6.60. The molecule has 1 fully saturated rings. The van der Waals surface area contributed by atoms with Gasteiger partial charge in [-0.05, 0) is 73.2 Å². The topological polar surface area (TPSA) is 73.3 Å². The number of anilines is 4. The Morgan fingerprint density at radius 3 is 2.75 bits per heavy atom. The van der Waals surface area contributed by atoms with Crippen molar-refractivity contribution in [3.05, 3.63) is 77.0 Å².